The molecule has 0 aliphatic rings. The summed E-state index contributed by atoms with van der Waals surface area (Å²) in [4.78, 5) is 34.6. The van der Waals surface area contributed by atoms with Crippen molar-refractivity contribution in [3.63, 3.8) is 0 Å². The standard InChI is InChI=1S/C19H20N2O5/c20-19(24)15-8-4-5-9-16(15)25-13-18(23)26-12-17(22)21-11-10-14-6-2-1-3-7-14/h1-9H,10-13H2,(H2,20,24)(H,21,22). The van der Waals surface area contributed by atoms with E-state index in [1.807, 2.05) is 30.3 Å². The first-order valence-electron chi connectivity index (χ1n) is 8.04. The van der Waals surface area contributed by atoms with Gasteiger partial charge in [0, 0.05) is 6.54 Å². The van der Waals surface area contributed by atoms with Crippen LogP contribution in [0.3, 0.4) is 0 Å². The van der Waals surface area contributed by atoms with Crippen molar-refractivity contribution in [2.24, 2.45) is 5.73 Å². The molecule has 26 heavy (non-hydrogen) atoms. The van der Waals surface area contributed by atoms with Gasteiger partial charge in [0.2, 0.25) is 0 Å². The van der Waals surface area contributed by atoms with Crippen LogP contribution in [0.25, 0.3) is 0 Å². The molecule has 0 saturated heterocycles. The van der Waals surface area contributed by atoms with Gasteiger partial charge in [-0.1, -0.05) is 42.5 Å². The Morgan fingerprint density at radius 1 is 0.923 bits per heavy atom. The second-order valence-corrected chi connectivity index (χ2v) is 5.40. The smallest absolute Gasteiger partial charge is 0.344 e. The first-order valence-corrected chi connectivity index (χ1v) is 8.04. The first kappa shape index (κ1) is 19.0. The second kappa shape index (κ2) is 9.83. The molecule has 0 aromatic heterocycles. The van der Waals surface area contributed by atoms with Crippen LogP contribution in [0.2, 0.25) is 0 Å². The summed E-state index contributed by atoms with van der Waals surface area (Å²) in [6.45, 7) is -0.376. The number of carbonyl (C=O) groups is 3. The fourth-order valence-corrected chi connectivity index (χ4v) is 2.16. The third kappa shape index (κ3) is 6.27. The van der Waals surface area contributed by atoms with Crippen LogP contribution in [0.15, 0.2) is 54.6 Å². The van der Waals surface area contributed by atoms with E-state index in [-0.39, 0.29) is 11.3 Å². The highest BCUT2D eigenvalue weighted by atomic mass is 16.6. The van der Waals surface area contributed by atoms with E-state index >= 15 is 0 Å². The van der Waals surface area contributed by atoms with Crippen LogP contribution in [0.4, 0.5) is 0 Å². The van der Waals surface area contributed by atoms with Crippen molar-refractivity contribution in [2.75, 3.05) is 19.8 Å². The van der Waals surface area contributed by atoms with Crippen LogP contribution >= 0.6 is 0 Å². The Kier molecular flexibility index (Phi) is 7.17. The molecule has 7 heteroatoms. The quantitative estimate of drug-likeness (QED) is 0.654. The maximum Gasteiger partial charge on any atom is 0.344 e. The minimum atomic E-state index is -0.720. The van der Waals surface area contributed by atoms with Crippen LogP contribution in [-0.2, 0) is 20.7 Å². The number of rotatable bonds is 9. The zero-order chi connectivity index (χ0) is 18.8. The maximum absolute atomic E-state index is 11.7. The number of nitrogens with one attached hydrogen (secondary N) is 1. The number of primary amides is 1. The van der Waals surface area contributed by atoms with Crippen LogP contribution in [0.5, 0.6) is 5.75 Å². The number of ether oxygens (including phenoxy) is 2. The average molecular weight is 356 g/mol. The van der Waals surface area contributed by atoms with Crippen LogP contribution in [0, 0.1) is 0 Å². The van der Waals surface area contributed by atoms with Gasteiger partial charge >= 0.3 is 5.97 Å². The van der Waals surface area contributed by atoms with Gasteiger partial charge in [-0.25, -0.2) is 4.79 Å². The third-order valence-corrected chi connectivity index (χ3v) is 3.44. The lowest BCUT2D eigenvalue weighted by Crippen LogP contribution is -2.31. The van der Waals surface area contributed by atoms with Crippen molar-refractivity contribution in [2.45, 2.75) is 6.42 Å². The zero-order valence-corrected chi connectivity index (χ0v) is 14.1. The summed E-state index contributed by atoms with van der Waals surface area (Å²) in [5.74, 6) is -1.59. The molecule has 2 aromatic rings. The molecule has 0 saturated carbocycles. The molecule has 2 amide bonds. The molecule has 3 N–H and O–H groups in total. The molecule has 0 aliphatic heterocycles. The molecular weight excluding hydrogens is 336 g/mol. The van der Waals surface area contributed by atoms with E-state index in [0.29, 0.717) is 13.0 Å². The monoisotopic (exact) mass is 356 g/mol. The van der Waals surface area contributed by atoms with E-state index in [0.717, 1.165) is 5.56 Å². The van der Waals surface area contributed by atoms with Gasteiger partial charge in [0.25, 0.3) is 11.8 Å². The van der Waals surface area contributed by atoms with Crippen molar-refractivity contribution >= 4 is 17.8 Å². The summed E-state index contributed by atoms with van der Waals surface area (Å²) < 4.78 is 10.1. The Labute approximate surface area is 151 Å². The maximum atomic E-state index is 11.7. The lowest BCUT2D eigenvalue weighted by Gasteiger charge is -2.09. The number of esters is 1. The molecule has 2 rings (SSSR count). The van der Waals surface area contributed by atoms with Gasteiger partial charge in [-0.2, -0.15) is 0 Å². The highest BCUT2D eigenvalue weighted by Gasteiger charge is 2.12. The van der Waals surface area contributed by atoms with E-state index in [1.54, 1.807) is 12.1 Å². The molecule has 2 aromatic carbocycles. The molecule has 0 aliphatic carbocycles. The molecule has 0 atom stereocenters. The molecular formula is C19H20N2O5. The Bertz CT molecular complexity index is 762. The van der Waals surface area contributed by atoms with E-state index < -0.39 is 31.0 Å². The summed E-state index contributed by atoms with van der Waals surface area (Å²) in [5.41, 5.74) is 6.49. The highest BCUT2D eigenvalue weighted by Crippen LogP contribution is 2.16. The molecule has 136 valence electrons. The summed E-state index contributed by atoms with van der Waals surface area (Å²) in [7, 11) is 0. The van der Waals surface area contributed by atoms with E-state index in [9.17, 15) is 14.4 Å². The van der Waals surface area contributed by atoms with Gasteiger partial charge < -0.3 is 20.5 Å². The third-order valence-electron chi connectivity index (χ3n) is 3.44. The number of hydrogen-bond acceptors (Lipinski definition) is 5. The van der Waals surface area contributed by atoms with E-state index in [2.05, 4.69) is 5.32 Å². The van der Waals surface area contributed by atoms with Crippen LogP contribution < -0.4 is 15.8 Å². The Morgan fingerprint density at radius 2 is 1.62 bits per heavy atom. The van der Waals surface area contributed by atoms with E-state index in [1.165, 1.54) is 12.1 Å². The van der Waals surface area contributed by atoms with Crippen molar-refractivity contribution in [3.05, 3.63) is 65.7 Å². The first-order chi connectivity index (χ1) is 12.6. The fraction of sp³-hybridized carbons (Fsp3) is 0.211. The molecule has 0 spiro atoms. The van der Waals surface area contributed by atoms with Crippen molar-refractivity contribution < 1.29 is 23.9 Å². The van der Waals surface area contributed by atoms with Crippen molar-refractivity contribution in [1.82, 2.24) is 5.32 Å². The van der Waals surface area contributed by atoms with Gasteiger partial charge in [0.15, 0.2) is 13.2 Å². The summed E-state index contributed by atoms with van der Waals surface area (Å²) in [5, 5.41) is 2.67. The van der Waals surface area contributed by atoms with Crippen LogP contribution in [0.1, 0.15) is 15.9 Å². The second-order valence-electron chi connectivity index (χ2n) is 5.40. The summed E-state index contributed by atoms with van der Waals surface area (Å²) in [6, 6.07) is 16.0. The highest BCUT2D eigenvalue weighted by molar-refractivity contribution is 5.95. The van der Waals surface area contributed by atoms with Gasteiger partial charge in [-0.15, -0.1) is 0 Å². The van der Waals surface area contributed by atoms with Gasteiger partial charge in [-0.3, -0.25) is 9.59 Å². The van der Waals surface area contributed by atoms with Gasteiger partial charge in [0.05, 0.1) is 5.56 Å². The predicted octanol–water partition coefficient (Wildman–Crippen LogP) is 1.07. The Hall–Kier alpha value is -3.35. The number of carbonyl (C=O) groups excluding carboxylic acids is 3. The van der Waals surface area contributed by atoms with Crippen molar-refractivity contribution in [1.29, 1.82) is 0 Å². The molecule has 0 bridgehead atoms. The SMILES string of the molecule is NC(=O)c1ccccc1OCC(=O)OCC(=O)NCCc1ccccc1. The summed E-state index contributed by atoms with van der Waals surface area (Å²) >= 11 is 0. The fourth-order valence-electron chi connectivity index (χ4n) is 2.16. The topological polar surface area (TPSA) is 108 Å². The number of nitrogens with two attached hydrogens (primary N) is 1. The number of benzene rings is 2. The van der Waals surface area contributed by atoms with Gasteiger partial charge in [-0.05, 0) is 24.1 Å². The van der Waals surface area contributed by atoms with E-state index in [4.69, 9.17) is 15.2 Å². The Balaban J connectivity index is 1.67. The van der Waals surface area contributed by atoms with Crippen molar-refractivity contribution in [3.8, 4) is 5.75 Å². The van der Waals surface area contributed by atoms with Gasteiger partial charge in [0.1, 0.15) is 5.75 Å². The Morgan fingerprint density at radius 3 is 2.35 bits per heavy atom. The molecule has 0 fully saturated rings. The zero-order valence-electron chi connectivity index (χ0n) is 14.1. The lowest BCUT2D eigenvalue weighted by molar-refractivity contribution is -0.150. The molecule has 0 heterocycles. The normalized spacial score (nSPS) is 10.0. The molecule has 0 radical (unpaired) electrons. The van der Waals surface area contributed by atoms with Crippen LogP contribution in [-0.4, -0.2) is 37.5 Å². The minimum Gasteiger partial charge on any atom is -0.481 e. The number of para-hydroxylation sites is 1. The molecule has 7 nitrogen and oxygen atoms in total. The minimum absolute atomic E-state index is 0.166. The number of hydrogen-bond donors (Lipinski definition) is 2. The predicted molar refractivity (Wildman–Crippen MR) is 94.6 cm³/mol. The largest absolute Gasteiger partial charge is 0.481 e. The summed E-state index contributed by atoms with van der Waals surface area (Å²) in [6.07, 6.45) is 0.688. The average Bonchev–Trinajstić information content (AvgIpc) is 2.65. The molecule has 0 unspecified atom stereocenters. The lowest BCUT2D eigenvalue weighted by atomic mass is 10.1. The number of amides is 2.